The van der Waals surface area contributed by atoms with Crippen LogP contribution in [0.2, 0.25) is 0 Å². The number of rotatable bonds is 14. The van der Waals surface area contributed by atoms with Crippen LogP contribution in [0.15, 0.2) is 41.9 Å². The van der Waals surface area contributed by atoms with Crippen LogP contribution in [-0.4, -0.2) is 71.8 Å². The third-order valence-corrected chi connectivity index (χ3v) is 8.85. The number of nitrogens with one attached hydrogen (secondary N) is 2. The van der Waals surface area contributed by atoms with Crippen LogP contribution in [0.1, 0.15) is 63.1 Å². The summed E-state index contributed by atoms with van der Waals surface area (Å²) in [6, 6.07) is 9.34. The molecule has 0 radical (unpaired) electrons. The largest absolute Gasteiger partial charge is 0.390 e. The summed E-state index contributed by atoms with van der Waals surface area (Å²) in [5.74, 6) is -0.618. The maximum atomic E-state index is 13.4. The quantitative estimate of drug-likeness (QED) is 0.336. The van der Waals surface area contributed by atoms with E-state index in [1.54, 1.807) is 25.1 Å². The fraction of sp³-hybridized carbons (Fsp3) is 0.621. The summed E-state index contributed by atoms with van der Waals surface area (Å²) in [7, 11) is 3.54. The molecule has 9 heteroatoms. The van der Waals surface area contributed by atoms with E-state index in [1.807, 2.05) is 42.8 Å². The van der Waals surface area contributed by atoms with Crippen molar-refractivity contribution in [2.24, 2.45) is 11.8 Å². The van der Waals surface area contributed by atoms with Gasteiger partial charge in [-0.05, 0) is 37.8 Å². The van der Waals surface area contributed by atoms with E-state index in [0.29, 0.717) is 25.3 Å². The van der Waals surface area contributed by atoms with Crippen molar-refractivity contribution in [3.05, 3.63) is 52.5 Å². The molecule has 7 atom stereocenters. The number of ether oxygens (including phenoxy) is 1. The Labute approximate surface area is 231 Å². The highest BCUT2D eigenvalue weighted by atomic mass is 32.1. The van der Waals surface area contributed by atoms with Gasteiger partial charge in [-0.15, -0.1) is 11.3 Å². The number of hydrogen-bond donors (Lipinski definition) is 3. The Balaban J connectivity index is 1.66. The van der Waals surface area contributed by atoms with Gasteiger partial charge in [0.05, 0.1) is 36.6 Å². The lowest BCUT2D eigenvalue weighted by molar-refractivity contribution is -0.141. The summed E-state index contributed by atoms with van der Waals surface area (Å²) in [6.07, 6.45) is 3.79. The molecule has 3 rings (SSSR count). The zero-order chi connectivity index (χ0) is 27.7. The van der Waals surface area contributed by atoms with Crippen molar-refractivity contribution in [1.82, 2.24) is 20.5 Å². The summed E-state index contributed by atoms with van der Waals surface area (Å²) < 4.78 is 5.72. The molecule has 8 nitrogen and oxygen atoms in total. The van der Waals surface area contributed by atoms with Gasteiger partial charge in [-0.2, -0.15) is 0 Å². The van der Waals surface area contributed by atoms with Gasteiger partial charge < -0.3 is 25.4 Å². The number of amides is 2. The molecule has 0 bridgehead atoms. The van der Waals surface area contributed by atoms with Crippen molar-refractivity contribution in [2.75, 3.05) is 20.7 Å². The first kappa shape index (κ1) is 30.2. The summed E-state index contributed by atoms with van der Waals surface area (Å²) >= 11 is 1.50. The molecule has 210 valence electrons. The Hall–Kier alpha value is -2.33. The van der Waals surface area contributed by atoms with Crippen molar-refractivity contribution >= 4 is 23.2 Å². The lowest BCUT2D eigenvalue weighted by Gasteiger charge is -2.35. The van der Waals surface area contributed by atoms with Gasteiger partial charge in [0.15, 0.2) is 0 Å². The molecule has 2 heterocycles. The van der Waals surface area contributed by atoms with Gasteiger partial charge in [0, 0.05) is 31.3 Å². The lowest BCUT2D eigenvalue weighted by Crippen LogP contribution is -2.51. The zero-order valence-corrected chi connectivity index (χ0v) is 24.1. The van der Waals surface area contributed by atoms with E-state index in [1.165, 1.54) is 11.3 Å². The average Bonchev–Trinajstić information content (AvgIpc) is 3.65. The minimum atomic E-state index is -0.967. The number of aliphatic hydroxyl groups is 1. The Morgan fingerprint density at radius 3 is 2.61 bits per heavy atom. The predicted octanol–water partition coefficient (Wildman–Crippen LogP) is 3.57. The first-order valence-corrected chi connectivity index (χ1v) is 14.6. The van der Waals surface area contributed by atoms with E-state index in [2.05, 4.69) is 29.5 Å². The number of benzene rings is 1. The van der Waals surface area contributed by atoms with Crippen LogP contribution in [-0.2, 0) is 20.7 Å². The van der Waals surface area contributed by atoms with E-state index in [0.717, 1.165) is 23.4 Å². The van der Waals surface area contributed by atoms with E-state index in [4.69, 9.17) is 4.74 Å². The van der Waals surface area contributed by atoms with Crippen molar-refractivity contribution in [3.8, 4) is 0 Å². The molecule has 1 fully saturated rings. The average molecular weight is 545 g/mol. The zero-order valence-electron chi connectivity index (χ0n) is 23.3. The van der Waals surface area contributed by atoms with Crippen LogP contribution in [0.4, 0.5) is 0 Å². The number of methoxy groups -OCH3 is 1. The minimum absolute atomic E-state index is 0.0423. The molecular weight excluding hydrogens is 500 g/mol. The van der Waals surface area contributed by atoms with Crippen LogP contribution < -0.4 is 10.6 Å². The van der Waals surface area contributed by atoms with Gasteiger partial charge in [-0.1, -0.05) is 57.5 Å². The summed E-state index contributed by atoms with van der Waals surface area (Å²) in [6.45, 7) is 6.59. The van der Waals surface area contributed by atoms with E-state index < -0.39 is 18.1 Å². The highest BCUT2D eigenvalue weighted by molar-refractivity contribution is 7.09. The second kappa shape index (κ2) is 14.7. The van der Waals surface area contributed by atoms with Gasteiger partial charge in [0.1, 0.15) is 5.01 Å². The van der Waals surface area contributed by atoms with E-state index in [-0.39, 0.29) is 36.4 Å². The van der Waals surface area contributed by atoms with Gasteiger partial charge in [0.2, 0.25) is 11.8 Å². The first-order valence-electron chi connectivity index (χ1n) is 13.7. The smallest absolute Gasteiger partial charge is 0.226 e. The van der Waals surface area contributed by atoms with Crippen LogP contribution in [0.5, 0.6) is 0 Å². The maximum absolute atomic E-state index is 13.4. The number of likely N-dealkylation sites (tertiary alicyclic amines) is 1. The van der Waals surface area contributed by atoms with Gasteiger partial charge in [0.25, 0.3) is 0 Å². The van der Waals surface area contributed by atoms with Crippen LogP contribution >= 0.6 is 11.3 Å². The van der Waals surface area contributed by atoms with Gasteiger partial charge in [-0.3, -0.25) is 9.59 Å². The molecule has 38 heavy (non-hydrogen) atoms. The Morgan fingerprint density at radius 2 is 2.00 bits per heavy atom. The number of hydrogen-bond acceptors (Lipinski definition) is 7. The Kier molecular flexibility index (Phi) is 11.7. The monoisotopic (exact) mass is 544 g/mol. The fourth-order valence-corrected chi connectivity index (χ4v) is 6.13. The van der Waals surface area contributed by atoms with Crippen molar-refractivity contribution in [2.45, 2.75) is 83.2 Å². The molecule has 2 aromatic rings. The number of carbonyl (C=O) groups excluding carboxylic acids is 2. The molecule has 0 spiro atoms. The van der Waals surface area contributed by atoms with Crippen molar-refractivity contribution < 1.29 is 19.4 Å². The van der Waals surface area contributed by atoms with E-state index in [9.17, 15) is 14.7 Å². The maximum Gasteiger partial charge on any atom is 0.226 e. The highest BCUT2D eigenvalue weighted by Gasteiger charge is 2.40. The summed E-state index contributed by atoms with van der Waals surface area (Å²) in [4.78, 5) is 32.9. The third kappa shape index (κ3) is 7.62. The number of nitrogens with zero attached hydrogens (tertiary/aromatic N) is 2. The molecule has 1 aliphatic heterocycles. The van der Waals surface area contributed by atoms with Crippen LogP contribution in [0, 0.1) is 11.8 Å². The third-order valence-electron chi connectivity index (χ3n) is 7.96. The predicted molar refractivity (Wildman–Crippen MR) is 151 cm³/mol. The molecule has 0 aliphatic carbocycles. The molecule has 3 N–H and O–H groups in total. The lowest BCUT2D eigenvalue weighted by atomic mass is 9.91. The number of aliphatic hydroxyl groups excluding tert-OH is 1. The minimum Gasteiger partial charge on any atom is -0.390 e. The van der Waals surface area contributed by atoms with Crippen LogP contribution in [0.3, 0.4) is 0 Å². The standard InChI is InChI=1S/C29H44N4O4S/c1-6-19(2)26(30-4)24(37-5)18-25(34)33-15-10-13-23(33)27(35)20(3)28(36)32-22(29-31-14-16-38-29)17-21-11-8-7-9-12-21/h7-9,11-12,14,16,19-20,22-24,26-27,30,35H,6,10,13,15,17-18H2,1-5H3,(H,32,36)/t19-,20+,22-,23-,24+,26-,27+/m0/s1. The van der Waals surface area contributed by atoms with Gasteiger partial charge in [-0.25, -0.2) is 4.98 Å². The Bertz CT molecular complexity index is 990. The molecule has 2 amide bonds. The number of aromatic nitrogens is 1. The second-order valence-corrected chi connectivity index (χ2v) is 11.3. The summed E-state index contributed by atoms with van der Waals surface area (Å²) in [5, 5.41) is 20.5. The molecule has 0 unspecified atom stereocenters. The first-order chi connectivity index (χ1) is 18.3. The second-order valence-electron chi connectivity index (χ2n) is 10.4. The van der Waals surface area contributed by atoms with Crippen molar-refractivity contribution in [1.29, 1.82) is 0 Å². The number of carbonyl (C=O) groups is 2. The fourth-order valence-electron chi connectivity index (χ4n) is 5.44. The molecular formula is C29H44N4O4S. The molecule has 1 aromatic carbocycles. The SMILES string of the molecule is CC[C@H](C)[C@H](NC)[C@@H](CC(=O)N1CCC[C@H]1[C@H](O)[C@@H](C)C(=O)N[C@@H](Cc1ccccc1)c1nccs1)OC. The topological polar surface area (TPSA) is 104 Å². The van der Waals surface area contributed by atoms with Crippen LogP contribution in [0.25, 0.3) is 0 Å². The molecule has 1 aromatic heterocycles. The Morgan fingerprint density at radius 1 is 1.26 bits per heavy atom. The summed E-state index contributed by atoms with van der Waals surface area (Å²) in [5.41, 5.74) is 1.10. The van der Waals surface area contributed by atoms with Gasteiger partial charge >= 0.3 is 0 Å². The molecule has 0 saturated carbocycles. The van der Waals surface area contributed by atoms with Crippen molar-refractivity contribution in [3.63, 3.8) is 0 Å². The number of thiazole rings is 1. The molecule has 1 aliphatic rings. The number of likely N-dealkylation sites (N-methyl/N-ethyl adjacent to an activating group) is 1. The normalized spacial score (nSPS) is 20.4. The molecule has 1 saturated heterocycles. The van der Waals surface area contributed by atoms with E-state index >= 15 is 0 Å². The highest BCUT2D eigenvalue weighted by Crippen LogP contribution is 2.28.